The third kappa shape index (κ3) is 5.21. The maximum absolute atomic E-state index is 4.94. The van der Waals surface area contributed by atoms with Gasteiger partial charge in [-0.15, -0.1) is 0 Å². The molecule has 0 aliphatic carbocycles. The van der Waals surface area contributed by atoms with Gasteiger partial charge in [0, 0.05) is 29.5 Å². The van der Waals surface area contributed by atoms with E-state index in [1.807, 2.05) is 48.7 Å². The number of pyridine rings is 3. The lowest BCUT2D eigenvalue weighted by Crippen LogP contribution is -2.32. The summed E-state index contributed by atoms with van der Waals surface area (Å²) in [6, 6.07) is 44.1. The first-order valence-electron chi connectivity index (χ1n) is 12.4. The zero-order valence-corrected chi connectivity index (χ0v) is 20.4. The van der Waals surface area contributed by atoms with Crippen LogP contribution in [0.15, 0.2) is 146 Å². The van der Waals surface area contributed by atoms with Crippen LogP contribution in [0.25, 0.3) is 44.9 Å². The van der Waals surface area contributed by atoms with Crippen molar-refractivity contribution in [2.24, 2.45) is 0 Å². The van der Waals surface area contributed by atoms with E-state index in [1.54, 1.807) is 0 Å². The summed E-state index contributed by atoms with van der Waals surface area (Å²) in [6.07, 6.45) is 6.10. The summed E-state index contributed by atoms with van der Waals surface area (Å²) in [5.74, 6) is 0. The molecule has 0 fully saturated rings. The van der Waals surface area contributed by atoms with Crippen LogP contribution in [0.2, 0.25) is 0 Å². The van der Waals surface area contributed by atoms with Gasteiger partial charge in [-0.1, -0.05) is 91.0 Å². The Morgan fingerprint density at radius 3 is 1.73 bits per heavy atom. The smallest absolute Gasteiger partial charge is 0.173 e. The normalized spacial score (nSPS) is 10.8. The average Bonchev–Trinajstić information content (AvgIpc) is 2.99. The lowest BCUT2D eigenvalue weighted by Gasteiger charge is -2.10. The minimum Gasteiger partial charge on any atom is -0.255 e. The van der Waals surface area contributed by atoms with Gasteiger partial charge >= 0.3 is 0 Å². The number of benzene rings is 3. The van der Waals surface area contributed by atoms with E-state index in [0.717, 1.165) is 40.3 Å². The Labute approximate surface area is 217 Å². The molecule has 0 N–H and O–H groups in total. The topological polar surface area (TPSA) is 29.7 Å². The minimum absolute atomic E-state index is 0.820. The van der Waals surface area contributed by atoms with Crippen molar-refractivity contribution in [3.8, 4) is 44.9 Å². The van der Waals surface area contributed by atoms with Crippen LogP contribution < -0.4 is 4.57 Å². The van der Waals surface area contributed by atoms with Gasteiger partial charge in [-0.3, -0.25) is 4.98 Å². The van der Waals surface area contributed by atoms with Crippen molar-refractivity contribution in [3.05, 3.63) is 152 Å². The molecular formula is C34H26N3+. The number of rotatable bonds is 6. The Morgan fingerprint density at radius 1 is 0.459 bits per heavy atom. The highest BCUT2D eigenvalue weighted by atomic mass is 14.9. The van der Waals surface area contributed by atoms with Crippen LogP contribution in [-0.2, 0) is 6.54 Å². The zero-order chi connectivity index (χ0) is 24.9. The Balaban J connectivity index is 1.28. The monoisotopic (exact) mass is 476 g/mol. The Morgan fingerprint density at radius 2 is 1.05 bits per heavy atom. The van der Waals surface area contributed by atoms with Crippen LogP contribution in [0.3, 0.4) is 0 Å². The zero-order valence-electron chi connectivity index (χ0n) is 20.4. The highest BCUT2D eigenvalue weighted by Gasteiger charge is 2.10. The van der Waals surface area contributed by atoms with Crippen molar-refractivity contribution in [2.45, 2.75) is 6.54 Å². The second-order valence-electron chi connectivity index (χ2n) is 9.03. The van der Waals surface area contributed by atoms with Crippen molar-refractivity contribution >= 4 is 0 Å². The summed E-state index contributed by atoms with van der Waals surface area (Å²) in [7, 11) is 0. The Bertz CT molecular complexity index is 1540. The van der Waals surface area contributed by atoms with Crippen molar-refractivity contribution in [1.29, 1.82) is 0 Å². The second kappa shape index (κ2) is 10.4. The molecule has 0 radical (unpaired) electrons. The van der Waals surface area contributed by atoms with Gasteiger partial charge in [-0.25, -0.2) is 9.55 Å². The lowest BCUT2D eigenvalue weighted by molar-refractivity contribution is -0.688. The van der Waals surface area contributed by atoms with E-state index in [1.165, 1.54) is 16.7 Å². The molecule has 6 aromatic rings. The highest BCUT2D eigenvalue weighted by Crippen LogP contribution is 2.29. The minimum atomic E-state index is 0.820. The third-order valence-electron chi connectivity index (χ3n) is 6.47. The first kappa shape index (κ1) is 22.6. The third-order valence-corrected chi connectivity index (χ3v) is 6.47. The van der Waals surface area contributed by atoms with E-state index in [9.17, 15) is 0 Å². The van der Waals surface area contributed by atoms with E-state index in [0.29, 0.717) is 0 Å². The maximum atomic E-state index is 4.94. The molecule has 176 valence electrons. The van der Waals surface area contributed by atoms with Gasteiger partial charge < -0.3 is 0 Å². The van der Waals surface area contributed by atoms with Gasteiger partial charge in [0.25, 0.3) is 0 Å². The van der Waals surface area contributed by atoms with Crippen LogP contribution in [-0.4, -0.2) is 9.97 Å². The van der Waals surface area contributed by atoms with Crippen LogP contribution in [0, 0.1) is 0 Å². The molecular weight excluding hydrogens is 450 g/mol. The molecule has 3 aromatic carbocycles. The van der Waals surface area contributed by atoms with Crippen LogP contribution in [0.5, 0.6) is 0 Å². The van der Waals surface area contributed by atoms with E-state index in [-0.39, 0.29) is 0 Å². The van der Waals surface area contributed by atoms with E-state index >= 15 is 0 Å². The summed E-state index contributed by atoms with van der Waals surface area (Å²) in [4.78, 5) is 9.48. The molecule has 6 rings (SSSR count). The fourth-order valence-corrected chi connectivity index (χ4v) is 4.50. The van der Waals surface area contributed by atoms with Crippen molar-refractivity contribution in [2.75, 3.05) is 0 Å². The molecule has 0 amide bonds. The van der Waals surface area contributed by atoms with Crippen molar-refractivity contribution in [1.82, 2.24) is 9.97 Å². The van der Waals surface area contributed by atoms with Gasteiger partial charge in [0.05, 0.1) is 17.1 Å². The van der Waals surface area contributed by atoms with Crippen LogP contribution >= 0.6 is 0 Å². The molecule has 0 unspecified atom stereocenters. The fourth-order valence-electron chi connectivity index (χ4n) is 4.50. The predicted octanol–water partition coefficient (Wildman–Crippen LogP) is 7.48. The van der Waals surface area contributed by atoms with Gasteiger partial charge in [0.15, 0.2) is 18.9 Å². The van der Waals surface area contributed by atoms with Crippen molar-refractivity contribution in [3.63, 3.8) is 0 Å². The molecule has 0 aliphatic heterocycles. The molecule has 3 nitrogen and oxygen atoms in total. The largest absolute Gasteiger partial charge is 0.255 e. The standard InChI is InChI=1S/C34H26N3/c1-3-9-27(10-4-1)29-18-21-37(22-19-29)25-26-14-16-28(17-15-26)31-23-33(30-11-5-2-6-12-30)36-34(24-31)32-13-7-8-20-35-32/h1-24H,25H2/q+1. The van der Waals surface area contributed by atoms with E-state index in [4.69, 9.17) is 4.98 Å². The van der Waals surface area contributed by atoms with E-state index < -0.39 is 0 Å². The predicted molar refractivity (Wildman–Crippen MR) is 150 cm³/mol. The first-order valence-corrected chi connectivity index (χ1v) is 12.4. The van der Waals surface area contributed by atoms with Crippen LogP contribution in [0.1, 0.15) is 5.56 Å². The molecule has 0 atom stereocenters. The first-order chi connectivity index (χ1) is 18.3. The Kier molecular flexibility index (Phi) is 6.33. The molecule has 0 spiro atoms. The lowest BCUT2D eigenvalue weighted by atomic mass is 10.00. The summed E-state index contributed by atoms with van der Waals surface area (Å²) in [5, 5.41) is 0. The van der Waals surface area contributed by atoms with Gasteiger partial charge in [0.1, 0.15) is 0 Å². The Hall–Kier alpha value is -4.89. The summed E-state index contributed by atoms with van der Waals surface area (Å²) in [5.41, 5.74) is 9.77. The fraction of sp³-hybridized carbons (Fsp3) is 0.0294. The molecule has 37 heavy (non-hydrogen) atoms. The molecule has 0 bridgehead atoms. The number of hydrogen-bond acceptors (Lipinski definition) is 2. The van der Waals surface area contributed by atoms with Crippen molar-refractivity contribution < 1.29 is 4.57 Å². The van der Waals surface area contributed by atoms with Gasteiger partial charge in [0.2, 0.25) is 0 Å². The maximum Gasteiger partial charge on any atom is 0.173 e. The van der Waals surface area contributed by atoms with E-state index in [2.05, 4.69) is 107 Å². The molecule has 3 heterocycles. The molecule has 3 heteroatoms. The second-order valence-corrected chi connectivity index (χ2v) is 9.03. The summed E-state index contributed by atoms with van der Waals surface area (Å²) >= 11 is 0. The highest BCUT2D eigenvalue weighted by molar-refractivity contribution is 5.75. The van der Waals surface area contributed by atoms with Gasteiger partial charge in [-0.05, 0) is 46.5 Å². The molecule has 0 saturated carbocycles. The van der Waals surface area contributed by atoms with Gasteiger partial charge in [-0.2, -0.15) is 0 Å². The molecule has 3 aromatic heterocycles. The quantitative estimate of drug-likeness (QED) is 0.233. The SMILES string of the molecule is c1ccc(-c2cc[n+](Cc3ccc(-c4cc(-c5ccccc5)nc(-c5ccccn5)c4)cc3)cc2)cc1. The molecule has 0 aliphatic rings. The summed E-state index contributed by atoms with van der Waals surface area (Å²) < 4.78 is 2.21. The number of nitrogens with zero attached hydrogens (tertiary/aromatic N) is 3. The molecule has 0 saturated heterocycles. The number of hydrogen-bond donors (Lipinski definition) is 0. The number of aromatic nitrogens is 3. The average molecular weight is 477 g/mol. The van der Waals surface area contributed by atoms with Crippen LogP contribution in [0.4, 0.5) is 0 Å². The summed E-state index contributed by atoms with van der Waals surface area (Å²) in [6.45, 7) is 0.820.